The molecular weight excluding hydrogens is 459 g/mol. The molecule has 0 bridgehead atoms. The van der Waals surface area contributed by atoms with Crippen molar-refractivity contribution >= 4 is 72.8 Å². The molecule has 8 heteroatoms. The highest BCUT2D eigenvalue weighted by atomic mass is 35.5. The SMILES string of the molecule is CC(C)(C)[C@H]1CCc2c(sc(NC(=O)c3sc4cc(Cl)ccc4c3Cl)c2C(N)=O)C1. The number of amides is 2. The lowest BCUT2D eigenvalue weighted by molar-refractivity contribution is 0.1000. The van der Waals surface area contributed by atoms with Gasteiger partial charge in [-0.15, -0.1) is 22.7 Å². The molecule has 2 amide bonds. The third-order valence-corrected chi connectivity index (χ3v) is 8.82. The molecule has 0 unspecified atom stereocenters. The number of halogens is 2. The lowest BCUT2D eigenvalue weighted by atomic mass is 9.72. The van der Waals surface area contributed by atoms with Gasteiger partial charge < -0.3 is 11.1 Å². The smallest absolute Gasteiger partial charge is 0.267 e. The number of thiophene rings is 2. The van der Waals surface area contributed by atoms with Crippen LogP contribution >= 0.6 is 45.9 Å². The van der Waals surface area contributed by atoms with Crippen LogP contribution in [0.5, 0.6) is 0 Å². The number of benzene rings is 1. The van der Waals surface area contributed by atoms with E-state index in [1.54, 1.807) is 18.2 Å². The summed E-state index contributed by atoms with van der Waals surface area (Å²) >= 11 is 15.3. The lowest BCUT2D eigenvalue weighted by Crippen LogP contribution is -2.27. The molecule has 2 heterocycles. The van der Waals surface area contributed by atoms with Crippen molar-refractivity contribution in [1.82, 2.24) is 0 Å². The highest BCUT2D eigenvalue weighted by Crippen LogP contribution is 2.45. The van der Waals surface area contributed by atoms with Crippen molar-refractivity contribution in [3.63, 3.8) is 0 Å². The fourth-order valence-electron chi connectivity index (χ4n) is 4.02. The minimum Gasteiger partial charge on any atom is -0.365 e. The number of primary amides is 1. The highest BCUT2D eigenvalue weighted by Gasteiger charge is 2.33. The van der Waals surface area contributed by atoms with Crippen molar-refractivity contribution in [3.05, 3.63) is 49.1 Å². The Labute approximate surface area is 193 Å². The van der Waals surface area contributed by atoms with Gasteiger partial charge in [0.2, 0.25) is 0 Å². The summed E-state index contributed by atoms with van der Waals surface area (Å²) in [6.07, 6.45) is 2.69. The number of nitrogens with one attached hydrogen (secondary N) is 1. The Kier molecular flexibility index (Phi) is 5.64. The zero-order valence-corrected chi connectivity index (χ0v) is 20.0. The molecule has 2 aromatic heterocycles. The number of fused-ring (bicyclic) bond motifs is 2. The van der Waals surface area contributed by atoms with Crippen molar-refractivity contribution in [2.45, 2.75) is 40.0 Å². The van der Waals surface area contributed by atoms with E-state index >= 15 is 0 Å². The van der Waals surface area contributed by atoms with Crippen LogP contribution in [0.3, 0.4) is 0 Å². The Morgan fingerprint density at radius 3 is 2.60 bits per heavy atom. The molecule has 0 radical (unpaired) electrons. The van der Waals surface area contributed by atoms with E-state index in [2.05, 4.69) is 26.1 Å². The molecule has 0 saturated carbocycles. The van der Waals surface area contributed by atoms with Crippen molar-refractivity contribution in [3.8, 4) is 0 Å². The van der Waals surface area contributed by atoms with Gasteiger partial charge in [0, 0.05) is 20.0 Å². The van der Waals surface area contributed by atoms with E-state index in [4.69, 9.17) is 28.9 Å². The lowest BCUT2D eigenvalue weighted by Gasteiger charge is -2.33. The van der Waals surface area contributed by atoms with E-state index < -0.39 is 5.91 Å². The number of carbonyl (C=O) groups excluding carboxylic acids is 2. The number of anilines is 1. The maximum Gasteiger partial charge on any atom is 0.267 e. The second kappa shape index (κ2) is 7.83. The van der Waals surface area contributed by atoms with Crippen LogP contribution in [-0.4, -0.2) is 11.8 Å². The van der Waals surface area contributed by atoms with Crippen molar-refractivity contribution in [1.29, 1.82) is 0 Å². The summed E-state index contributed by atoms with van der Waals surface area (Å²) in [4.78, 5) is 26.8. The number of hydrogen-bond acceptors (Lipinski definition) is 4. The van der Waals surface area contributed by atoms with Crippen LogP contribution in [-0.2, 0) is 12.8 Å². The van der Waals surface area contributed by atoms with Gasteiger partial charge in [-0.1, -0.05) is 50.0 Å². The summed E-state index contributed by atoms with van der Waals surface area (Å²) in [5, 5.41) is 5.18. The van der Waals surface area contributed by atoms with Crippen molar-refractivity contribution in [2.75, 3.05) is 5.32 Å². The summed E-state index contributed by atoms with van der Waals surface area (Å²) in [6.45, 7) is 6.72. The van der Waals surface area contributed by atoms with Gasteiger partial charge in [-0.3, -0.25) is 9.59 Å². The molecule has 3 N–H and O–H groups in total. The van der Waals surface area contributed by atoms with Gasteiger partial charge in [0.15, 0.2) is 0 Å². The monoisotopic (exact) mass is 480 g/mol. The number of carbonyl (C=O) groups is 2. The Morgan fingerprint density at radius 2 is 1.93 bits per heavy atom. The predicted octanol–water partition coefficient (Wildman–Crippen LogP) is 6.77. The molecule has 4 rings (SSSR count). The van der Waals surface area contributed by atoms with Gasteiger partial charge in [-0.05, 0) is 48.3 Å². The molecule has 0 spiro atoms. The first-order valence-electron chi connectivity index (χ1n) is 9.69. The maximum absolute atomic E-state index is 13.0. The van der Waals surface area contributed by atoms with Gasteiger partial charge in [-0.25, -0.2) is 0 Å². The van der Waals surface area contributed by atoms with Gasteiger partial charge in [0.1, 0.15) is 9.88 Å². The molecule has 3 aromatic rings. The predicted molar refractivity (Wildman–Crippen MR) is 128 cm³/mol. The summed E-state index contributed by atoms with van der Waals surface area (Å²) in [6, 6.07) is 5.34. The topological polar surface area (TPSA) is 72.2 Å². The van der Waals surface area contributed by atoms with Gasteiger partial charge >= 0.3 is 0 Å². The Balaban J connectivity index is 1.68. The molecule has 4 nitrogen and oxygen atoms in total. The molecule has 0 aliphatic heterocycles. The van der Waals surface area contributed by atoms with Crippen LogP contribution < -0.4 is 11.1 Å². The first-order valence-corrected chi connectivity index (χ1v) is 12.1. The highest BCUT2D eigenvalue weighted by molar-refractivity contribution is 7.22. The van der Waals surface area contributed by atoms with E-state index in [1.807, 2.05) is 0 Å². The fraction of sp³-hybridized carbons (Fsp3) is 0.364. The molecule has 1 aromatic carbocycles. The summed E-state index contributed by atoms with van der Waals surface area (Å²) in [5.41, 5.74) is 7.31. The summed E-state index contributed by atoms with van der Waals surface area (Å²) in [5.74, 6) is -0.327. The minimum absolute atomic E-state index is 0.184. The van der Waals surface area contributed by atoms with Gasteiger partial charge in [-0.2, -0.15) is 0 Å². The molecule has 158 valence electrons. The van der Waals surface area contributed by atoms with E-state index in [0.29, 0.717) is 31.4 Å². The fourth-order valence-corrected chi connectivity index (χ4v) is 7.03. The van der Waals surface area contributed by atoms with Crippen LogP contribution in [0.2, 0.25) is 10.0 Å². The zero-order valence-electron chi connectivity index (χ0n) is 16.9. The van der Waals surface area contributed by atoms with Crippen molar-refractivity contribution < 1.29 is 9.59 Å². The largest absolute Gasteiger partial charge is 0.365 e. The normalized spacial score (nSPS) is 16.5. The third kappa shape index (κ3) is 3.86. The Hall–Kier alpha value is -1.60. The molecule has 0 saturated heterocycles. The number of hydrogen-bond donors (Lipinski definition) is 2. The summed E-state index contributed by atoms with van der Waals surface area (Å²) < 4.78 is 0.839. The number of nitrogens with two attached hydrogens (primary N) is 1. The first kappa shape index (κ1) is 21.6. The van der Waals surface area contributed by atoms with E-state index in [-0.39, 0.29) is 11.3 Å². The third-order valence-electron chi connectivity index (χ3n) is 5.76. The van der Waals surface area contributed by atoms with Gasteiger partial charge in [0.25, 0.3) is 11.8 Å². The molecule has 1 aliphatic rings. The second-order valence-electron chi connectivity index (χ2n) is 8.72. The number of rotatable bonds is 3. The average molecular weight is 481 g/mol. The van der Waals surface area contributed by atoms with Crippen LogP contribution in [0.4, 0.5) is 5.00 Å². The molecular formula is C22H22Cl2N2O2S2. The van der Waals surface area contributed by atoms with Crippen LogP contribution in [0.1, 0.15) is 57.7 Å². The minimum atomic E-state index is -0.508. The molecule has 30 heavy (non-hydrogen) atoms. The van der Waals surface area contributed by atoms with E-state index in [1.165, 1.54) is 22.7 Å². The van der Waals surface area contributed by atoms with Crippen LogP contribution in [0, 0.1) is 11.3 Å². The standard InChI is InChI=1S/C22H22Cl2N2O2S2/c1-22(2,3)10-4-6-12-14(8-10)30-21(16(12)19(25)27)26-20(28)18-17(24)13-7-5-11(23)9-15(13)29-18/h5,7,9-10H,4,6,8H2,1-3H3,(H2,25,27)(H,26,28)/t10-/m0/s1. The van der Waals surface area contributed by atoms with Crippen LogP contribution in [0.25, 0.3) is 10.1 Å². The average Bonchev–Trinajstić information content (AvgIpc) is 3.17. The quantitative estimate of drug-likeness (QED) is 0.433. The van der Waals surface area contributed by atoms with E-state index in [0.717, 1.165) is 39.8 Å². The Bertz CT molecular complexity index is 1170. The first-order chi connectivity index (χ1) is 14.1. The molecule has 1 aliphatic carbocycles. The molecule has 0 fully saturated rings. The van der Waals surface area contributed by atoms with E-state index in [9.17, 15) is 9.59 Å². The second-order valence-corrected chi connectivity index (χ2v) is 11.7. The Morgan fingerprint density at radius 1 is 1.20 bits per heavy atom. The maximum atomic E-state index is 13.0. The summed E-state index contributed by atoms with van der Waals surface area (Å²) in [7, 11) is 0. The molecule has 1 atom stereocenters. The van der Waals surface area contributed by atoms with Crippen molar-refractivity contribution in [2.24, 2.45) is 17.1 Å². The zero-order chi connectivity index (χ0) is 21.8. The van der Waals surface area contributed by atoms with Gasteiger partial charge in [0.05, 0.1) is 10.6 Å². The van der Waals surface area contributed by atoms with Crippen LogP contribution in [0.15, 0.2) is 18.2 Å².